The molecule has 0 aliphatic carbocycles. The van der Waals surface area contributed by atoms with Crippen molar-refractivity contribution in [1.82, 2.24) is 10.2 Å². The summed E-state index contributed by atoms with van der Waals surface area (Å²) < 4.78 is 32.2. The van der Waals surface area contributed by atoms with E-state index in [-0.39, 0.29) is 11.1 Å². The van der Waals surface area contributed by atoms with Gasteiger partial charge in [-0.2, -0.15) is 0 Å². The Bertz CT molecular complexity index is 1160. The van der Waals surface area contributed by atoms with Gasteiger partial charge in [0.15, 0.2) is 0 Å². The van der Waals surface area contributed by atoms with Crippen LogP contribution >= 0.6 is 0 Å². The number of amides is 2. The van der Waals surface area contributed by atoms with Crippen molar-refractivity contribution < 1.29 is 18.3 Å². The van der Waals surface area contributed by atoms with E-state index >= 15 is 0 Å². The molecule has 0 atom stereocenters. The van der Waals surface area contributed by atoms with Gasteiger partial charge in [-0.25, -0.2) is 13.6 Å². The predicted octanol–water partition coefficient (Wildman–Crippen LogP) is 5.02. The van der Waals surface area contributed by atoms with Crippen LogP contribution in [0.5, 0.6) is 0 Å². The SMILES string of the molecule is COCCN1CCC(CNC(=O)Nc2cc(F)cc(F)c2)(c2ccc(-c3cccc(N)c3)cc2)CC1. The smallest absolute Gasteiger partial charge is 0.319 e. The number of nitrogen functional groups attached to an aromatic ring is 1. The molecule has 1 saturated heterocycles. The lowest BCUT2D eigenvalue weighted by Crippen LogP contribution is -2.50. The Morgan fingerprint density at radius 1 is 1.00 bits per heavy atom. The number of carbonyl (C=O) groups is 1. The lowest BCUT2D eigenvalue weighted by molar-refractivity contribution is 0.109. The number of hydrogen-bond donors (Lipinski definition) is 3. The molecule has 0 saturated carbocycles. The number of carbonyl (C=O) groups excluding carboxylic acids is 1. The van der Waals surface area contributed by atoms with Gasteiger partial charge < -0.3 is 26.0 Å². The quantitative estimate of drug-likeness (QED) is 0.385. The molecule has 3 aromatic carbocycles. The van der Waals surface area contributed by atoms with Crippen molar-refractivity contribution in [3.63, 3.8) is 0 Å². The molecule has 3 aromatic rings. The van der Waals surface area contributed by atoms with Gasteiger partial charge in [0, 0.05) is 43.1 Å². The van der Waals surface area contributed by atoms with Gasteiger partial charge >= 0.3 is 6.03 Å². The fraction of sp³-hybridized carbons (Fsp3) is 0.321. The minimum atomic E-state index is -0.745. The van der Waals surface area contributed by atoms with Crippen molar-refractivity contribution in [2.45, 2.75) is 18.3 Å². The van der Waals surface area contributed by atoms with Crippen LogP contribution in [0, 0.1) is 11.6 Å². The molecular weight excluding hydrogens is 462 g/mol. The topological polar surface area (TPSA) is 79.6 Å². The summed E-state index contributed by atoms with van der Waals surface area (Å²) in [7, 11) is 1.70. The number of rotatable bonds is 8. The van der Waals surface area contributed by atoms with Crippen LogP contribution in [0.25, 0.3) is 11.1 Å². The van der Waals surface area contributed by atoms with Crippen molar-refractivity contribution in [1.29, 1.82) is 0 Å². The number of urea groups is 1. The number of ether oxygens (including phenoxy) is 1. The zero-order chi connectivity index (χ0) is 25.5. The second-order valence-electron chi connectivity index (χ2n) is 9.28. The first-order valence-corrected chi connectivity index (χ1v) is 12.1. The van der Waals surface area contributed by atoms with Gasteiger partial charge in [0.2, 0.25) is 0 Å². The summed E-state index contributed by atoms with van der Waals surface area (Å²) in [5, 5.41) is 5.47. The summed E-state index contributed by atoms with van der Waals surface area (Å²) in [5.74, 6) is -1.49. The number of nitrogens with one attached hydrogen (secondary N) is 2. The highest BCUT2D eigenvalue weighted by Crippen LogP contribution is 2.36. The molecular formula is C28H32F2N4O2. The second kappa shape index (κ2) is 11.5. The summed E-state index contributed by atoms with van der Waals surface area (Å²) in [6.45, 7) is 3.68. The van der Waals surface area contributed by atoms with E-state index in [9.17, 15) is 13.6 Å². The van der Waals surface area contributed by atoms with Crippen molar-refractivity contribution in [3.8, 4) is 11.1 Å². The highest BCUT2D eigenvalue weighted by atomic mass is 19.1. The summed E-state index contributed by atoms with van der Waals surface area (Å²) in [4.78, 5) is 15.0. The molecule has 1 heterocycles. The van der Waals surface area contributed by atoms with E-state index in [0.717, 1.165) is 67.4 Å². The van der Waals surface area contributed by atoms with E-state index in [0.29, 0.717) is 18.8 Å². The van der Waals surface area contributed by atoms with Gasteiger partial charge in [0.25, 0.3) is 0 Å². The van der Waals surface area contributed by atoms with Crippen LogP contribution in [-0.4, -0.2) is 50.8 Å². The Morgan fingerprint density at radius 3 is 2.33 bits per heavy atom. The van der Waals surface area contributed by atoms with Crippen molar-refractivity contribution in [3.05, 3.63) is 83.9 Å². The normalized spacial score (nSPS) is 15.4. The summed E-state index contributed by atoms with van der Waals surface area (Å²) in [6.07, 6.45) is 1.70. The fourth-order valence-corrected chi connectivity index (χ4v) is 4.78. The van der Waals surface area contributed by atoms with E-state index in [4.69, 9.17) is 10.5 Å². The average Bonchev–Trinajstić information content (AvgIpc) is 2.86. The van der Waals surface area contributed by atoms with Crippen LogP contribution in [0.3, 0.4) is 0 Å². The fourth-order valence-electron chi connectivity index (χ4n) is 4.78. The second-order valence-corrected chi connectivity index (χ2v) is 9.28. The van der Waals surface area contributed by atoms with Gasteiger partial charge in [0.05, 0.1) is 6.61 Å². The molecule has 0 radical (unpaired) electrons. The highest BCUT2D eigenvalue weighted by Gasteiger charge is 2.36. The maximum absolute atomic E-state index is 13.5. The first kappa shape index (κ1) is 25.6. The van der Waals surface area contributed by atoms with Gasteiger partial charge in [-0.1, -0.05) is 36.4 Å². The van der Waals surface area contributed by atoms with E-state index in [1.807, 2.05) is 24.3 Å². The number of anilines is 2. The molecule has 0 spiro atoms. The summed E-state index contributed by atoms with van der Waals surface area (Å²) >= 11 is 0. The van der Waals surface area contributed by atoms with E-state index in [2.05, 4.69) is 39.8 Å². The lowest BCUT2D eigenvalue weighted by atomic mass is 9.72. The third kappa shape index (κ3) is 6.38. The minimum absolute atomic E-state index is 0.0694. The van der Waals surface area contributed by atoms with Crippen LogP contribution in [0.2, 0.25) is 0 Å². The molecule has 4 N–H and O–H groups in total. The molecule has 4 rings (SSSR count). The predicted molar refractivity (Wildman–Crippen MR) is 139 cm³/mol. The van der Waals surface area contributed by atoms with Crippen molar-refractivity contribution in [2.24, 2.45) is 0 Å². The number of nitrogens with zero attached hydrogens (tertiary/aromatic N) is 1. The monoisotopic (exact) mass is 494 g/mol. The number of nitrogens with two attached hydrogens (primary N) is 1. The Hall–Kier alpha value is -3.49. The number of piperidine rings is 1. The van der Waals surface area contributed by atoms with Crippen molar-refractivity contribution >= 4 is 17.4 Å². The van der Waals surface area contributed by atoms with Gasteiger partial charge in [-0.3, -0.25) is 0 Å². The molecule has 190 valence electrons. The molecule has 6 nitrogen and oxygen atoms in total. The Morgan fingerprint density at radius 2 is 1.69 bits per heavy atom. The van der Waals surface area contributed by atoms with E-state index < -0.39 is 17.7 Å². The molecule has 36 heavy (non-hydrogen) atoms. The number of hydrogen-bond acceptors (Lipinski definition) is 4. The van der Waals surface area contributed by atoms with Crippen molar-refractivity contribution in [2.75, 3.05) is 50.9 Å². The maximum Gasteiger partial charge on any atom is 0.319 e. The van der Waals surface area contributed by atoms with Crippen LogP contribution in [0.1, 0.15) is 18.4 Å². The molecule has 0 aromatic heterocycles. The zero-order valence-electron chi connectivity index (χ0n) is 20.4. The van der Waals surface area contributed by atoms with Crippen LogP contribution in [-0.2, 0) is 10.2 Å². The van der Waals surface area contributed by atoms with E-state index in [1.54, 1.807) is 7.11 Å². The minimum Gasteiger partial charge on any atom is -0.399 e. The van der Waals surface area contributed by atoms with E-state index in [1.165, 1.54) is 0 Å². The summed E-state index contributed by atoms with van der Waals surface area (Å²) in [6, 6.07) is 18.6. The van der Waals surface area contributed by atoms with Gasteiger partial charge in [-0.05, 0) is 66.9 Å². The largest absolute Gasteiger partial charge is 0.399 e. The average molecular weight is 495 g/mol. The number of benzene rings is 3. The van der Waals surface area contributed by atoms with Gasteiger partial charge in [-0.15, -0.1) is 0 Å². The Kier molecular flexibility index (Phi) is 8.18. The number of halogens is 2. The molecule has 1 aliphatic heterocycles. The third-order valence-corrected chi connectivity index (χ3v) is 6.85. The van der Waals surface area contributed by atoms with Crippen LogP contribution in [0.4, 0.5) is 25.0 Å². The molecule has 1 aliphatic rings. The highest BCUT2D eigenvalue weighted by molar-refractivity contribution is 5.89. The number of methoxy groups -OCH3 is 1. The zero-order valence-corrected chi connectivity index (χ0v) is 20.4. The number of likely N-dealkylation sites (tertiary alicyclic amines) is 1. The Balaban J connectivity index is 1.50. The Labute approximate surface area is 210 Å². The molecule has 8 heteroatoms. The van der Waals surface area contributed by atoms with Crippen LogP contribution in [0.15, 0.2) is 66.7 Å². The van der Waals surface area contributed by atoms with Crippen LogP contribution < -0.4 is 16.4 Å². The lowest BCUT2D eigenvalue weighted by Gasteiger charge is -2.42. The maximum atomic E-state index is 13.5. The first-order chi connectivity index (χ1) is 17.4. The standard InChI is InChI=1S/C28H32F2N4O2/c1-36-14-13-34-11-9-28(10-12-34,19-32-27(35)33-26-17-23(29)16-24(30)18-26)22-7-5-20(6-8-22)21-3-2-4-25(31)15-21/h2-8,15-18H,9-14,19,31H2,1H3,(H2,32,33,35). The molecule has 0 unspecified atom stereocenters. The summed E-state index contributed by atoms with van der Waals surface area (Å²) in [5.41, 5.74) is 9.71. The first-order valence-electron chi connectivity index (χ1n) is 12.1. The molecule has 0 bridgehead atoms. The molecule has 2 amide bonds. The third-order valence-electron chi connectivity index (χ3n) is 6.85. The molecule has 1 fully saturated rings. The van der Waals surface area contributed by atoms with Gasteiger partial charge in [0.1, 0.15) is 11.6 Å².